The standard InChI is InChI=1S/C21H28F2N4/c1-13-4-3-5-14(2)27(13)21-25-19-9-11-24-10-8-16(19)20(26-21)15-6-7-17(22)18(23)12-15/h6-7,13-14,18,24H,3-5,8-12H2,1-2H3/t13-,14+,18?. The minimum atomic E-state index is -1.57. The lowest BCUT2D eigenvalue weighted by atomic mass is 9.94. The number of piperidine rings is 1. The van der Waals surface area contributed by atoms with Gasteiger partial charge in [0.05, 0.1) is 11.4 Å². The highest BCUT2D eigenvalue weighted by atomic mass is 19.2. The second kappa shape index (κ2) is 7.66. The number of nitrogens with zero attached hydrogens (tertiary/aromatic N) is 3. The maximum Gasteiger partial charge on any atom is 0.226 e. The van der Waals surface area contributed by atoms with Crippen LogP contribution in [-0.2, 0) is 12.8 Å². The Labute approximate surface area is 159 Å². The van der Waals surface area contributed by atoms with Crippen molar-refractivity contribution in [1.82, 2.24) is 15.3 Å². The van der Waals surface area contributed by atoms with Crippen LogP contribution in [0.25, 0.3) is 5.57 Å². The van der Waals surface area contributed by atoms with Crippen LogP contribution in [-0.4, -0.2) is 41.3 Å². The normalized spacial score (nSPS) is 28.9. The molecule has 0 bridgehead atoms. The molecule has 1 saturated heterocycles. The van der Waals surface area contributed by atoms with Crippen molar-refractivity contribution in [3.05, 3.63) is 34.9 Å². The lowest BCUT2D eigenvalue weighted by Gasteiger charge is -2.39. The molecule has 3 aliphatic rings. The zero-order valence-electron chi connectivity index (χ0n) is 16.1. The number of alkyl halides is 1. The number of fused-ring (bicyclic) bond motifs is 1. The average Bonchev–Trinajstić information content (AvgIpc) is 2.89. The lowest BCUT2D eigenvalue weighted by molar-refractivity contribution is 0.329. The van der Waals surface area contributed by atoms with E-state index in [0.29, 0.717) is 12.1 Å². The molecule has 0 radical (unpaired) electrons. The maximum absolute atomic E-state index is 14.1. The molecular formula is C21H28F2N4. The first-order chi connectivity index (χ1) is 13.0. The Hall–Kier alpha value is -1.82. The zero-order valence-corrected chi connectivity index (χ0v) is 16.1. The van der Waals surface area contributed by atoms with Crippen LogP contribution in [0, 0.1) is 0 Å². The Balaban J connectivity index is 1.82. The second-order valence-electron chi connectivity index (χ2n) is 8.00. The number of aromatic nitrogens is 2. The highest BCUT2D eigenvalue weighted by molar-refractivity contribution is 5.70. The smallest absolute Gasteiger partial charge is 0.226 e. The van der Waals surface area contributed by atoms with E-state index < -0.39 is 12.0 Å². The van der Waals surface area contributed by atoms with E-state index in [-0.39, 0.29) is 6.42 Å². The first-order valence-electron chi connectivity index (χ1n) is 10.1. The van der Waals surface area contributed by atoms with Gasteiger partial charge in [0.15, 0.2) is 6.17 Å². The summed E-state index contributed by atoms with van der Waals surface area (Å²) in [5, 5.41) is 3.41. The number of rotatable bonds is 2. The molecule has 1 aliphatic carbocycles. The van der Waals surface area contributed by atoms with Crippen LogP contribution in [0.1, 0.15) is 56.5 Å². The van der Waals surface area contributed by atoms with E-state index in [0.717, 1.165) is 67.2 Å². The third kappa shape index (κ3) is 3.64. The molecule has 1 aromatic heterocycles. The molecule has 0 spiro atoms. The van der Waals surface area contributed by atoms with E-state index in [1.807, 2.05) is 0 Å². The van der Waals surface area contributed by atoms with Crippen LogP contribution in [0.5, 0.6) is 0 Å². The van der Waals surface area contributed by atoms with E-state index in [9.17, 15) is 8.78 Å². The summed E-state index contributed by atoms with van der Waals surface area (Å²) in [4.78, 5) is 12.2. The molecule has 0 saturated carbocycles. The number of allylic oxidation sites excluding steroid dienone is 4. The predicted octanol–water partition coefficient (Wildman–Crippen LogP) is 3.91. The van der Waals surface area contributed by atoms with Crippen LogP contribution < -0.4 is 10.2 Å². The molecule has 1 N–H and O–H groups in total. The van der Waals surface area contributed by atoms with Crippen molar-refractivity contribution in [3.8, 4) is 0 Å². The maximum atomic E-state index is 14.1. The van der Waals surface area contributed by atoms with Gasteiger partial charge in [0.2, 0.25) is 5.95 Å². The number of anilines is 1. The summed E-state index contributed by atoms with van der Waals surface area (Å²) < 4.78 is 27.6. The van der Waals surface area contributed by atoms with Crippen LogP contribution >= 0.6 is 0 Å². The summed E-state index contributed by atoms with van der Waals surface area (Å²) in [6.07, 6.45) is 6.55. The van der Waals surface area contributed by atoms with Crippen molar-refractivity contribution in [1.29, 1.82) is 0 Å². The molecule has 2 aliphatic heterocycles. The molecule has 0 aromatic carbocycles. The van der Waals surface area contributed by atoms with Crippen molar-refractivity contribution in [2.75, 3.05) is 18.0 Å². The minimum absolute atomic E-state index is 0.0454. The van der Waals surface area contributed by atoms with E-state index in [1.165, 1.54) is 12.5 Å². The molecule has 3 heterocycles. The first kappa shape index (κ1) is 18.5. The summed E-state index contributed by atoms with van der Waals surface area (Å²) in [6, 6.07) is 0.769. The van der Waals surface area contributed by atoms with Crippen molar-refractivity contribution >= 4 is 11.5 Å². The van der Waals surface area contributed by atoms with E-state index in [2.05, 4.69) is 24.1 Å². The van der Waals surface area contributed by atoms with Gasteiger partial charge in [-0.2, -0.15) is 0 Å². The highest BCUT2D eigenvalue weighted by Gasteiger charge is 2.30. The van der Waals surface area contributed by atoms with Gasteiger partial charge in [0.1, 0.15) is 5.83 Å². The lowest BCUT2D eigenvalue weighted by Crippen LogP contribution is -2.45. The Bertz CT molecular complexity index is 764. The molecule has 4 nitrogen and oxygen atoms in total. The predicted molar refractivity (Wildman–Crippen MR) is 104 cm³/mol. The summed E-state index contributed by atoms with van der Waals surface area (Å²) in [5.41, 5.74) is 3.74. The average molecular weight is 374 g/mol. The van der Waals surface area contributed by atoms with E-state index in [4.69, 9.17) is 9.97 Å². The van der Waals surface area contributed by atoms with Gasteiger partial charge in [0.25, 0.3) is 0 Å². The van der Waals surface area contributed by atoms with Gasteiger partial charge in [-0.05, 0) is 57.7 Å². The minimum Gasteiger partial charge on any atom is -0.335 e. The van der Waals surface area contributed by atoms with Gasteiger partial charge in [-0.15, -0.1) is 0 Å². The summed E-state index contributed by atoms with van der Waals surface area (Å²) >= 11 is 0. The fourth-order valence-corrected chi connectivity index (χ4v) is 4.55. The second-order valence-corrected chi connectivity index (χ2v) is 8.00. The molecule has 4 rings (SSSR count). The largest absolute Gasteiger partial charge is 0.335 e. The SMILES string of the molecule is C[C@@H]1CCC[C@H](C)N1c1nc2c(c(C3=CC=C(F)C(F)C3)n1)CCNCC2. The Morgan fingerprint density at radius 1 is 1.07 bits per heavy atom. The molecule has 3 atom stereocenters. The Morgan fingerprint density at radius 2 is 1.81 bits per heavy atom. The fraction of sp³-hybridized carbons (Fsp3) is 0.619. The van der Waals surface area contributed by atoms with Crippen LogP contribution in [0.3, 0.4) is 0 Å². The van der Waals surface area contributed by atoms with Gasteiger partial charge in [-0.3, -0.25) is 0 Å². The molecule has 6 heteroatoms. The van der Waals surface area contributed by atoms with Crippen LogP contribution in [0.15, 0.2) is 18.0 Å². The molecule has 0 amide bonds. The quantitative estimate of drug-likeness (QED) is 0.852. The van der Waals surface area contributed by atoms with Gasteiger partial charge in [0, 0.05) is 37.0 Å². The van der Waals surface area contributed by atoms with Gasteiger partial charge in [-0.25, -0.2) is 18.7 Å². The fourth-order valence-electron chi connectivity index (χ4n) is 4.55. The van der Waals surface area contributed by atoms with Crippen molar-refractivity contribution in [2.24, 2.45) is 0 Å². The zero-order chi connectivity index (χ0) is 19.0. The van der Waals surface area contributed by atoms with Crippen molar-refractivity contribution < 1.29 is 8.78 Å². The monoisotopic (exact) mass is 374 g/mol. The topological polar surface area (TPSA) is 41.1 Å². The van der Waals surface area contributed by atoms with Crippen molar-refractivity contribution in [2.45, 2.75) is 70.6 Å². The third-order valence-electron chi connectivity index (χ3n) is 6.04. The molecule has 1 aromatic rings. The van der Waals surface area contributed by atoms with Crippen molar-refractivity contribution in [3.63, 3.8) is 0 Å². The first-order valence-corrected chi connectivity index (χ1v) is 10.1. The van der Waals surface area contributed by atoms with E-state index in [1.54, 1.807) is 6.08 Å². The van der Waals surface area contributed by atoms with Crippen LogP contribution in [0.4, 0.5) is 14.7 Å². The van der Waals surface area contributed by atoms with E-state index >= 15 is 0 Å². The number of hydrogen-bond acceptors (Lipinski definition) is 4. The molecule has 1 fully saturated rings. The number of halogens is 2. The summed E-state index contributed by atoms with van der Waals surface area (Å²) in [6.45, 7) is 6.19. The van der Waals surface area contributed by atoms with Gasteiger partial charge < -0.3 is 10.2 Å². The van der Waals surface area contributed by atoms with Gasteiger partial charge >= 0.3 is 0 Å². The molecule has 1 unspecified atom stereocenters. The van der Waals surface area contributed by atoms with Crippen LogP contribution in [0.2, 0.25) is 0 Å². The molecule has 27 heavy (non-hydrogen) atoms. The summed E-state index contributed by atoms with van der Waals surface area (Å²) in [5.74, 6) is 0.0516. The third-order valence-corrected chi connectivity index (χ3v) is 6.04. The summed E-state index contributed by atoms with van der Waals surface area (Å²) in [7, 11) is 0. The number of nitrogens with one attached hydrogen (secondary N) is 1. The molecular weight excluding hydrogens is 346 g/mol. The molecule has 146 valence electrons. The highest BCUT2D eigenvalue weighted by Crippen LogP contribution is 2.34. The van der Waals surface area contributed by atoms with Gasteiger partial charge in [-0.1, -0.05) is 6.08 Å². The number of hydrogen-bond donors (Lipinski definition) is 1. The Kier molecular flexibility index (Phi) is 5.26. The Morgan fingerprint density at radius 3 is 2.56 bits per heavy atom.